The molecule has 94 valence electrons. The Balaban J connectivity index is 1.97. The summed E-state index contributed by atoms with van der Waals surface area (Å²) in [5, 5.41) is 4.62. The summed E-state index contributed by atoms with van der Waals surface area (Å²) in [4.78, 5) is 2.46. The molecule has 0 amide bonds. The molecule has 2 rings (SSSR count). The molecule has 1 saturated heterocycles. The summed E-state index contributed by atoms with van der Waals surface area (Å²) < 4.78 is 0. The van der Waals surface area contributed by atoms with Crippen molar-refractivity contribution in [2.45, 2.75) is 25.4 Å². The van der Waals surface area contributed by atoms with E-state index in [4.69, 9.17) is 23.2 Å². The number of nitrogens with one attached hydrogen (secondary N) is 1. The number of nitrogens with zero attached hydrogens (tertiary/aromatic N) is 1. The first kappa shape index (κ1) is 13.2. The molecule has 17 heavy (non-hydrogen) atoms. The number of piperidine rings is 1. The largest absolute Gasteiger partial charge is 0.316 e. The second kappa shape index (κ2) is 6.05. The first-order valence-corrected chi connectivity index (χ1v) is 6.78. The maximum atomic E-state index is 6.02. The van der Waals surface area contributed by atoms with E-state index in [0.29, 0.717) is 16.1 Å². The van der Waals surface area contributed by atoms with E-state index in [1.165, 1.54) is 24.9 Å². The fraction of sp³-hybridized carbons (Fsp3) is 0.538. The molecule has 0 aliphatic carbocycles. The minimum atomic E-state index is 0.617. The summed E-state index contributed by atoms with van der Waals surface area (Å²) in [5.41, 5.74) is 1.23. The van der Waals surface area contributed by atoms with Crippen LogP contribution in [0.3, 0.4) is 0 Å². The molecule has 4 heteroatoms. The van der Waals surface area contributed by atoms with Gasteiger partial charge in [0, 0.05) is 19.1 Å². The average Bonchev–Trinajstić information content (AvgIpc) is 2.34. The molecule has 0 spiro atoms. The van der Waals surface area contributed by atoms with Crippen molar-refractivity contribution in [2.24, 2.45) is 0 Å². The standard InChI is InChI=1S/C13H18Cl2N2/c1-16-11-3-2-6-17(9-11)8-10-4-5-12(14)13(15)7-10/h4-5,7,11,16H,2-3,6,8-9H2,1H3/t11-/m0/s1. The van der Waals surface area contributed by atoms with Crippen LogP contribution in [-0.4, -0.2) is 31.1 Å². The zero-order chi connectivity index (χ0) is 12.3. The normalized spacial score (nSPS) is 21.7. The van der Waals surface area contributed by atoms with E-state index in [-0.39, 0.29) is 0 Å². The Labute approximate surface area is 113 Å². The summed E-state index contributed by atoms with van der Waals surface area (Å²) in [6.07, 6.45) is 2.53. The number of likely N-dealkylation sites (tertiary alicyclic amines) is 1. The van der Waals surface area contributed by atoms with Crippen LogP contribution in [0.25, 0.3) is 0 Å². The molecular formula is C13H18Cl2N2. The monoisotopic (exact) mass is 272 g/mol. The molecule has 0 bridgehead atoms. The van der Waals surface area contributed by atoms with Crippen molar-refractivity contribution in [1.29, 1.82) is 0 Å². The number of hydrogen-bond acceptors (Lipinski definition) is 2. The number of rotatable bonds is 3. The topological polar surface area (TPSA) is 15.3 Å². The van der Waals surface area contributed by atoms with Gasteiger partial charge in [0.1, 0.15) is 0 Å². The second-order valence-corrected chi connectivity index (χ2v) is 5.43. The van der Waals surface area contributed by atoms with Gasteiger partial charge in [0.05, 0.1) is 10.0 Å². The Hall–Kier alpha value is -0.280. The van der Waals surface area contributed by atoms with Gasteiger partial charge in [-0.05, 0) is 44.1 Å². The molecule has 1 aromatic rings. The zero-order valence-corrected chi connectivity index (χ0v) is 11.6. The van der Waals surface area contributed by atoms with Crippen molar-refractivity contribution in [3.05, 3.63) is 33.8 Å². The SMILES string of the molecule is CN[C@H]1CCCN(Cc2ccc(Cl)c(Cl)c2)C1. The van der Waals surface area contributed by atoms with Gasteiger partial charge in [-0.25, -0.2) is 0 Å². The molecule has 1 aromatic carbocycles. The lowest BCUT2D eigenvalue weighted by atomic mass is 10.1. The first-order chi connectivity index (χ1) is 8.19. The van der Waals surface area contributed by atoms with Gasteiger partial charge in [0.2, 0.25) is 0 Å². The summed E-state index contributed by atoms with van der Waals surface area (Å²) in [7, 11) is 2.04. The van der Waals surface area contributed by atoms with Crippen molar-refractivity contribution >= 4 is 23.2 Å². The van der Waals surface area contributed by atoms with E-state index < -0.39 is 0 Å². The van der Waals surface area contributed by atoms with Crippen LogP contribution >= 0.6 is 23.2 Å². The predicted octanol–water partition coefficient (Wildman–Crippen LogP) is 3.18. The number of likely N-dealkylation sites (N-methyl/N-ethyl adjacent to an activating group) is 1. The van der Waals surface area contributed by atoms with Crippen LogP contribution in [0.2, 0.25) is 10.0 Å². The van der Waals surface area contributed by atoms with Crippen molar-refractivity contribution in [1.82, 2.24) is 10.2 Å². The number of halogens is 2. The van der Waals surface area contributed by atoms with Crippen LogP contribution < -0.4 is 5.32 Å². The van der Waals surface area contributed by atoms with Crippen molar-refractivity contribution in [3.8, 4) is 0 Å². The smallest absolute Gasteiger partial charge is 0.0595 e. The predicted molar refractivity (Wildman–Crippen MR) is 73.8 cm³/mol. The van der Waals surface area contributed by atoms with Crippen LogP contribution in [0, 0.1) is 0 Å². The lowest BCUT2D eigenvalue weighted by Gasteiger charge is -2.32. The van der Waals surface area contributed by atoms with E-state index in [2.05, 4.69) is 16.3 Å². The molecule has 1 aliphatic heterocycles. The summed E-state index contributed by atoms with van der Waals surface area (Å²) >= 11 is 11.9. The Bertz CT molecular complexity index is 382. The fourth-order valence-corrected chi connectivity index (χ4v) is 2.65. The van der Waals surface area contributed by atoms with E-state index >= 15 is 0 Å². The molecule has 1 atom stereocenters. The third kappa shape index (κ3) is 3.59. The van der Waals surface area contributed by atoms with Gasteiger partial charge in [-0.15, -0.1) is 0 Å². The molecular weight excluding hydrogens is 255 g/mol. The third-order valence-electron chi connectivity index (χ3n) is 3.30. The Morgan fingerprint density at radius 2 is 2.18 bits per heavy atom. The molecule has 0 saturated carbocycles. The van der Waals surface area contributed by atoms with Gasteiger partial charge >= 0.3 is 0 Å². The van der Waals surface area contributed by atoms with Crippen LogP contribution in [0.4, 0.5) is 0 Å². The van der Waals surface area contributed by atoms with Gasteiger partial charge < -0.3 is 5.32 Å². The van der Waals surface area contributed by atoms with Gasteiger partial charge in [0.25, 0.3) is 0 Å². The van der Waals surface area contributed by atoms with Crippen molar-refractivity contribution < 1.29 is 0 Å². The van der Waals surface area contributed by atoms with Crippen LogP contribution in [0.1, 0.15) is 18.4 Å². The number of hydrogen-bond donors (Lipinski definition) is 1. The lowest BCUT2D eigenvalue weighted by Crippen LogP contribution is -2.43. The quantitative estimate of drug-likeness (QED) is 0.910. The van der Waals surface area contributed by atoms with Crippen LogP contribution in [-0.2, 0) is 6.54 Å². The van der Waals surface area contributed by atoms with E-state index in [9.17, 15) is 0 Å². The number of benzene rings is 1. The average molecular weight is 273 g/mol. The maximum absolute atomic E-state index is 6.02. The fourth-order valence-electron chi connectivity index (χ4n) is 2.33. The summed E-state index contributed by atoms with van der Waals surface area (Å²) in [6, 6.07) is 6.51. The van der Waals surface area contributed by atoms with Crippen LogP contribution in [0.15, 0.2) is 18.2 Å². The Kier molecular flexibility index (Phi) is 4.69. The first-order valence-electron chi connectivity index (χ1n) is 6.02. The summed E-state index contributed by atoms with van der Waals surface area (Å²) in [6.45, 7) is 3.23. The molecule has 2 nitrogen and oxygen atoms in total. The van der Waals surface area contributed by atoms with Crippen LogP contribution in [0.5, 0.6) is 0 Å². The van der Waals surface area contributed by atoms with Crippen molar-refractivity contribution in [3.63, 3.8) is 0 Å². The minimum Gasteiger partial charge on any atom is -0.316 e. The zero-order valence-electron chi connectivity index (χ0n) is 10.0. The van der Waals surface area contributed by atoms with Gasteiger partial charge in [-0.3, -0.25) is 4.90 Å². The highest BCUT2D eigenvalue weighted by Crippen LogP contribution is 2.23. The Morgan fingerprint density at radius 1 is 1.35 bits per heavy atom. The molecule has 0 radical (unpaired) electrons. The highest BCUT2D eigenvalue weighted by molar-refractivity contribution is 6.42. The third-order valence-corrected chi connectivity index (χ3v) is 4.04. The van der Waals surface area contributed by atoms with Gasteiger partial charge in [-0.2, -0.15) is 0 Å². The minimum absolute atomic E-state index is 0.617. The van der Waals surface area contributed by atoms with E-state index in [1.807, 2.05) is 19.2 Å². The molecule has 1 N–H and O–H groups in total. The molecule has 0 unspecified atom stereocenters. The van der Waals surface area contributed by atoms with Gasteiger partial charge in [0.15, 0.2) is 0 Å². The molecule has 0 aromatic heterocycles. The molecule has 1 fully saturated rings. The van der Waals surface area contributed by atoms with E-state index in [0.717, 1.165) is 13.1 Å². The highest BCUT2D eigenvalue weighted by Gasteiger charge is 2.18. The molecule has 1 aliphatic rings. The summed E-state index contributed by atoms with van der Waals surface area (Å²) in [5.74, 6) is 0. The second-order valence-electron chi connectivity index (χ2n) is 4.61. The maximum Gasteiger partial charge on any atom is 0.0595 e. The van der Waals surface area contributed by atoms with Gasteiger partial charge in [-0.1, -0.05) is 29.3 Å². The highest BCUT2D eigenvalue weighted by atomic mass is 35.5. The van der Waals surface area contributed by atoms with E-state index in [1.54, 1.807) is 0 Å². The lowest BCUT2D eigenvalue weighted by molar-refractivity contribution is 0.188. The van der Waals surface area contributed by atoms with Crippen molar-refractivity contribution in [2.75, 3.05) is 20.1 Å². The molecule has 1 heterocycles. The Morgan fingerprint density at radius 3 is 2.88 bits per heavy atom.